The van der Waals surface area contributed by atoms with Gasteiger partial charge in [0.15, 0.2) is 11.5 Å². The van der Waals surface area contributed by atoms with Crippen molar-refractivity contribution in [2.45, 2.75) is 32.2 Å². The summed E-state index contributed by atoms with van der Waals surface area (Å²) in [7, 11) is 1.71. The van der Waals surface area contributed by atoms with E-state index in [0.717, 1.165) is 43.7 Å². The summed E-state index contributed by atoms with van der Waals surface area (Å²) < 4.78 is 11.7. The first-order valence-electron chi connectivity index (χ1n) is 10.3. The van der Waals surface area contributed by atoms with Crippen molar-refractivity contribution < 1.29 is 9.47 Å². The minimum Gasteiger partial charge on any atom is -0.493 e. The molecule has 3 nitrogen and oxygen atoms in total. The van der Waals surface area contributed by atoms with E-state index >= 15 is 0 Å². The van der Waals surface area contributed by atoms with Gasteiger partial charge in [-0.15, -0.1) is 6.58 Å². The molecule has 0 unspecified atom stereocenters. The Bertz CT molecular complexity index is 815. The standard InChI is InChI=1S/C25H31NO2/c1-4-25(2)18-26(15-19-8-6-5-7-9-19)16-22(25)21-12-13-23(27-3)24(14-21)28-17-20-10-11-20/h4-9,12-14,20,22H,1,10-11,15-18H2,2-3H3/t22-,25+/m0/s1. The predicted molar refractivity (Wildman–Crippen MR) is 114 cm³/mol. The Morgan fingerprint density at radius 2 is 1.93 bits per heavy atom. The molecule has 0 bridgehead atoms. The van der Waals surface area contributed by atoms with Gasteiger partial charge < -0.3 is 9.47 Å². The van der Waals surface area contributed by atoms with Crippen molar-refractivity contribution in [1.29, 1.82) is 0 Å². The Kier molecular flexibility index (Phi) is 5.45. The molecule has 1 aliphatic heterocycles. The van der Waals surface area contributed by atoms with Crippen LogP contribution in [0.15, 0.2) is 61.2 Å². The van der Waals surface area contributed by atoms with Crippen LogP contribution in [0.2, 0.25) is 0 Å². The molecule has 2 aliphatic rings. The summed E-state index contributed by atoms with van der Waals surface area (Å²) in [6.07, 6.45) is 4.71. The highest BCUT2D eigenvalue weighted by atomic mass is 16.5. The molecule has 148 valence electrons. The second-order valence-corrected chi connectivity index (χ2v) is 8.58. The highest BCUT2D eigenvalue weighted by Gasteiger charge is 2.41. The Labute approximate surface area is 169 Å². The molecular weight excluding hydrogens is 346 g/mol. The quantitative estimate of drug-likeness (QED) is 0.585. The minimum absolute atomic E-state index is 0.0388. The van der Waals surface area contributed by atoms with E-state index in [9.17, 15) is 0 Å². The van der Waals surface area contributed by atoms with Gasteiger partial charge in [-0.05, 0) is 42.0 Å². The van der Waals surface area contributed by atoms with Crippen LogP contribution in [0.3, 0.4) is 0 Å². The van der Waals surface area contributed by atoms with Gasteiger partial charge in [0.05, 0.1) is 13.7 Å². The van der Waals surface area contributed by atoms with Gasteiger partial charge in [-0.1, -0.05) is 49.4 Å². The number of benzene rings is 2. The summed E-state index contributed by atoms with van der Waals surface area (Å²) >= 11 is 0. The molecule has 3 heteroatoms. The van der Waals surface area contributed by atoms with Crippen molar-refractivity contribution in [3.63, 3.8) is 0 Å². The molecule has 1 heterocycles. The van der Waals surface area contributed by atoms with Gasteiger partial charge in [0.1, 0.15) is 0 Å². The predicted octanol–water partition coefficient (Wildman–Crippen LogP) is 5.28. The van der Waals surface area contributed by atoms with Crippen LogP contribution in [0.1, 0.15) is 36.8 Å². The summed E-state index contributed by atoms with van der Waals surface area (Å²) in [6.45, 7) is 10.3. The third-order valence-electron chi connectivity index (χ3n) is 6.28. The molecule has 1 saturated heterocycles. The van der Waals surface area contributed by atoms with E-state index in [2.05, 4.69) is 73.0 Å². The molecule has 0 amide bonds. The maximum absolute atomic E-state index is 6.11. The van der Waals surface area contributed by atoms with Crippen molar-refractivity contribution in [1.82, 2.24) is 4.90 Å². The first-order chi connectivity index (χ1) is 13.6. The topological polar surface area (TPSA) is 21.7 Å². The molecular formula is C25H31NO2. The van der Waals surface area contributed by atoms with Crippen molar-refractivity contribution in [2.75, 3.05) is 26.8 Å². The first-order valence-corrected chi connectivity index (χ1v) is 10.3. The molecule has 0 spiro atoms. The summed E-state index contributed by atoms with van der Waals surface area (Å²) in [5.41, 5.74) is 2.71. The van der Waals surface area contributed by atoms with Crippen LogP contribution in [0.5, 0.6) is 11.5 Å². The molecule has 2 atom stereocenters. The number of nitrogens with zero attached hydrogens (tertiary/aromatic N) is 1. The van der Waals surface area contributed by atoms with Crippen LogP contribution in [0, 0.1) is 11.3 Å². The maximum Gasteiger partial charge on any atom is 0.161 e. The summed E-state index contributed by atoms with van der Waals surface area (Å²) in [5, 5.41) is 0. The van der Waals surface area contributed by atoms with Crippen molar-refractivity contribution >= 4 is 0 Å². The fourth-order valence-corrected chi connectivity index (χ4v) is 4.29. The molecule has 2 fully saturated rings. The molecule has 2 aromatic rings. The third-order valence-corrected chi connectivity index (χ3v) is 6.28. The third kappa shape index (κ3) is 4.10. The number of likely N-dealkylation sites (tertiary alicyclic amines) is 1. The van der Waals surface area contributed by atoms with E-state index < -0.39 is 0 Å². The van der Waals surface area contributed by atoms with Gasteiger partial charge in [0.25, 0.3) is 0 Å². The summed E-state index contributed by atoms with van der Waals surface area (Å²) in [4.78, 5) is 2.54. The number of hydrogen-bond acceptors (Lipinski definition) is 3. The van der Waals surface area contributed by atoms with Gasteiger partial charge >= 0.3 is 0 Å². The lowest BCUT2D eigenvalue weighted by Crippen LogP contribution is -2.24. The SMILES string of the molecule is C=C[C@]1(C)CN(Cc2ccccc2)C[C@H]1c1ccc(OC)c(OCC2CC2)c1. The molecule has 1 aliphatic carbocycles. The lowest BCUT2D eigenvalue weighted by atomic mass is 9.76. The minimum atomic E-state index is 0.0388. The molecule has 2 aromatic carbocycles. The molecule has 0 aromatic heterocycles. The Hall–Kier alpha value is -2.26. The molecule has 0 N–H and O–H groups in total. The van der Waals surface area contributed by atoms with Crippen LogP contribution in [-0.4, -0.2) is 31.7 Å². The Balaban J connectivity index is 1.55. The van der Waals surface area contributed by atoms with E-state index in [1.165, 1.54) is 24.0 Å². The van der Waals surface area contributed by atoms with Gasteiger partial charge in [-0.25, -0.2) is 0 Å². The smallest absolute Gasteiger partial charge is 0.161 e. The number of rotatable bonds is 8. The molecule has 4 rings (SSSR count). The lowest BCUT2D eigenvalue weighted by molar-refractivity contribution is 0.279. The Morgan fingerprint density at radius 3 is 2.61 bits per heavy atom. The first kappa shape index (κ1) is 19.1. The number of hydrogen-bond donors (Lipinski definition) is 0. The van der Waals surface area contributed by atoms with Gasteiger partial charge in [-0.2, -0.15) is 0 Å². The maximum atomic E-state index is 6.11. The van der Waals surface area contributed by atoms with Crippen molar-refractivity contribution in [3.05, 3.63) is 72.3 Å². The van der Waals surface area contributed by atoms with Gasteiger partial charge in [0.2, 0.25) is 0 Å². The average molecular weight is 378 g/mol. The average Bonchev–Trinajstić information content (AvgIpc) is 3.49. The van der Waals surface area contributed by atoms with Crippen LogP contribution in [-0.2, 0) is 6.54 Å². The monoisotopic (exact) mass is 377 g/mol. The zero-order valence-corrected chi connectivity index (χ0v) is 17.1. The zero-order chi connectivity index (χ0) is 19.6. The summed E-state index contributed by atoms with van der Waals surface area (Å²) in [6, 6.07) is 17.2. The zero-order valence-electron chi connectivity index (χ0n) is 17.1. The highest BCUT2D eigenvalue weighted by Crippen LogP contribution is 2.46. The number of ether oxygens (including phenoxy) is 2. The second kappa shape index (κ2) is 8.00. The summed E-state index contributed by atoms with van der Waals surface area (Å²) in [5.74, 6) is 2.81. The molecule has 28 heavy (non-hydrogen) atoms. The van der Waals surface area contributed by atoms with Gasteiger partial charge in [0, 0.05) is 31.0 Å². The van der Waals surface area contributed by atoms with E-state index in [0.29, 0.717) is 5.92 Å². The van der Waals surface area contributed by atoms with Crippen LogP contribution < -0.4 is 9.47 Å². The fourth-order valence-electron chi connectivity index (χ4n) is 4.29. The lowest BCUT2D eigenvalue weighted by Gasteiger charge is -2.27. The van der Waals surface area contributed by atoms with E-state index in [1.807, 2.05) is 0 Å². The molecule has 0 radical (unpaired) electrons. The number of methoxy groups -OCH3 is 1. The second-order valence-electron chi connectivity index (χ2n) is 8.58. The van der Waals surface area contributed by atoms with E-state index in [1.54, 1.807) is 7.11 Å². The fraction of sp³-hybridized carbons (Fsp3) is 0.440. The van der Waals surface area contributed by atoms with Crippen molar-refractivity contribution in [3.8, 4) is 11.5 Å². The highest BCUT2D eigenvalue weighted by molar-refractivity contribution is 5.45. The van der Waals surface area contributed by atoms with Crippen molar-refractivity contribution in [2.24, 2.45) is 11.3 Å². The molecule has 1 saturated carbocycles. The largest absolute Gasteiger partial charge is 0.493 e. The van der Waals surface area contributed by atoms with Crippen LogP contribution in [0.25, 0.3) is 0 Å². The Morgan fingerprint density at radius 1 is 1.14 bits per heavy atom. The van der Waals surface area contributed by atoms with Crippen LogP contribution >= 0.6 is 0 Å². The van der Waals surface area contributed by atoms with E-state index in [4.69, 9.17) is 9.47 Å². The van der Waals surface area contributed by atoms with E-state index in [-0.39, 0.29) is 5.41 Å². The van der Waals surface area contributed by atoms with Crippen LogP contribution in [0.4, 0.5) is 0 Å². The van der Waals surface area contributed by atoms with Gasteiger partial charge in [-0.3, -0.25) is 4.90 Å². The normalized spacial score (nSPS) is 24.9.